The van der Waals surface area contributed by atoms with Crippen molar-refractivity contribution in [2.24, 2.45) is 0 Å². The van der Waals surface area contributed by atoms with Crippen LogP contribution in [0.2, 0.25) is 5.02 Å². The lowest BCUT2D eigenvalue weighted by atomic mass is 10.0. The van der Waals surface area contributed by atoms with E-state index in [2.05, 4.69) is 13.8 Å². The van der Waals surface area contributed by atoms with Gasteiger partial charge in [0.15, 0.2) is 0 Å². The number of aryl methyl sites for hydroxylation is 1. The summed E-state index contributed by atoms with van der Waals surface area (Å²) in [5, 5.41) is 9.44. The van der Waals surface area contributed by atoms with E-state index in [0.29, 0.717) is 11.7 Å². The molecule has 0 saturated heterocycles. The van der Waals surface area contributed by atoms with E-state index >= 15 is 0 Å². The number of hydrogen-bond acceptors (Lipinski definition) is 2. The van der Waals surface area contributed by atoms with Crippen molar-refractivity contribution in [1.82, 2.24) is 0 Å². The van der Waals surface area contributed by atoms with Gasteiger partial charge in [0.1, 0.15) is 11.9 Å². The van der Waals surface area contributed by atoms with Crippen LogP contribution in [-0.2, 0) is 4.79 Å². The fourth-order valence-corrected chi connectivity index (χ4v) is 2.18. The molecule has 1 aromatic carbocycles. The van der Waals surface area contributed by atoms with Crippen LogP contribution in [0.25, 0.3) is 0 Å². The number of benzene rings is 1. The van der Waals surface area contributed by atoms with Crippen molar-refractivity contribution < 1.29 is 14.6 Å². The average molecular weight is 271 g/mol. The molecule has 1 aromatic rings. The molecule has 0 aromatic heterocycles. The van der Waals surface area contributed by atoms with Crippen molar-refractivity contribution >= 4 is 17.6 Å². The van der Waals surface area contributed by atoms with Gasteiger partial charge in [-0.25, -0.2) is 0 Å². The Morgan fingerprint density at radius 2 is 2.00 bits per heavy atom. The summed E-state index contributed by atoms with van der Waals surface area (Å²) in [4.78, 5) is 10.6. The normalized spacial score (nSPS) is 12.6. The first-order valence-electron chi connectivity index (χ1n) is 5.99. The molecule has 100 valence electrons. The molecule has 0 saturated carbocycles. The number of carboxylic acids is 1. The van der Waals surface area contributed by atoms with Crippen molar-refractivity contribution in [3.8, 4) is 5.75 Å². The molecular weight excluding hydrogens is 252 g/mol. The Labute approximate surface area is 113 Å². The van der Waals surface area contributed by atoms with Gasteiger partial charge in [-0.2, -0.15) is 0 Å². The summed E-state index contributed by atoms with van der Waals surface area (Å²) in [5.74, 6) is 0.144. The topological polar surface area (TPSA) is 46.5 Å². The van der Waals surface area contributed by atoms with Crippen LogP contribution in [0.3, 0.4) is 0 Å². The molecule has 0 bridgehead atoms. The minimum atomic E-state index is -0.863. The highest BCUT2D eigenvalue weighted by Gasteiger charge is 2.14. The fraction of sp³-hybridized carbons (Fsp3) is 0.500. The lowest BCUT2D eigenvalue weighted by Crippen LogP contribution is -2.17. The largest absolute Gasteiger partial charge is 0.490 e. The number of hydrogen-bond donors (Lipinski definition) is 1. The maximum Gasteiger partial charge on any atom is 0.307 e. The molecule has 1 N–H and O–H groups in total. The number of carbonyl (C=O) groups is 1. The molecule has 0 aliphatic carbocycles. The second-order valence-corrected chi connectivity index (χ2v) is 5.23. The minimum Gasteiger partial charge on any atom is -0.490 e. The Morgan fingerprint density at radius 1 is 1.39 bits per heavy atom. The zero-order chi connectivity index (χ0) is 13.9. The van der Waals surface area contributed by atoms with Gasteiger partial charge >= 0.3 is 5.97 Å². The van der Waals surface area contributed by atoms with Crippen LogP contribution in [0.4, 0.5) is 0 Å². The molecule has 1 rings (SSSR count). The molecule has 0 heterocycles. The Bertz CT molecular complexity index is 441. The van der Waals surface area contributed by atoms with Gasteiger partial charge in [-0.05, 0) is 43.0 Å². The van der Waals surface area contributed by atoms with Gasteiger partial charge in [0.25, 0.3) is 0 Å². The van der Waals surface area contributed by atoms with Gasteiger partial charge in [-0.15, -0.1) is 0 Å². The number of halogens is 1. The quantitative estimate of drug-likeness (QED) is 0.879. The summed E-state index contributed by atoms with van der Waals surface area (Å²) >= 11 is 6.17. The lowest BCUT2D eigenvalue weighted by Gasteiger charge is -2.18. The van der Waals surface area contributed by atoms with Gasteiger partial charge in [0, 0.05) is 5.02 Å². The molecule has 18 heavy (non-hydrogen) atoms. The van der Waals surface area contributed by atoms with Crippen molar-refractivity contribution in [3.05, 3.63) is 28.3 Å². The molecule has 0 aliphatic heterocycles. The van der Waals surface area contributed by atoms with Crippen molar-refractivity contribution in [1.29, 1.82) is 0 Å². The summed E-state index contributed by atoms with van der Waals surface area (Å²) in [7, 11) is 0. The van der Waals surface area contributed by atoms with Crippen LogP contribution >= 0.6 is 11.6 Å². The standard InChI is InChI=1S/C14H19ClO3/c1-8(2)11-7-13(9(3)5-12(11)15)18-10(4)6-14(16)17/h5,7-8,10H,6H2,1-4H3,(H,16,17). The van der Waals surface area contributed by atoms with Crippen LogP contribution in [0.5, 0.6) is 5.75 Å². The predicted molar refractivity (Wildman–Crippen MR) is 72.6 cm³/mol. The van der Waals surface area contributed by atoms with Gasteiger partial charge in [-0.3, -0.25) is 4.79 Å². The first-order chi connectivity index (χ1) is 8.31. The van der Waals surface area contributed by atoms with Gasteiger partial charge in [-0.1, -0.05) is 25.4 Å². The number of carboxylic acid groups (broad SMARTS) is 1. The average Bonchev–Trinajstić information content (AvgIpc) is 2.20. The van der Waals surface area contributed by atoms with E-state index in [1.807, 2.05) is 19.1 Å². The minimum absolute atomic E-state index is 0.0148. The molecule has 4 heteroatoms. The van der Waals surface area contributed by atoms with E-state index in [4.69, 9.17) is 21.4 Å². The summed E-state index contributed by atoms with van der Waals surface area (Å²) in [6, 6.07) is 3.76. The molecule has 0 spiro atoms. The van der Waals surface area contributed by atoms with E-state index in [1.165, 1.54) is 0 Å². The smallest absolute Gasteiger partial charge is 0.307 e. The van der Waals surface area contributed by atoms with Crippen LogP contribution < -0.4 is 4.74 Å². The molecule has 1 unspecified atom stereocenters. The summed E-state index contributed by atoms with van der Waals surface area (Å²) in [5.41, 5.74) is 1.93. The predicted octanol–water partition coefficient (Wildman–Crippen LogP) is 4.01. The maximum absolute atomic E-state index is 10.6. The Morgan fingerprint density at radius 3 is 2.50 bits per heavy atom. The number of aliphatic carboxylic acids is 1. The highest BCUT2D eigenvalue weighted by molar-refractivity contribution is 6.31. The monoisotopic (exact) mass is 270 g/mol. The molecule has 3 nitrogen and oxygen atoms in total. The molecule has 0 radical (unpaired) electrons. The highest BCUT2D eigenvalue weighted by Crippen LogP contribution is 2.32. The number of rotatable bonds is 5. The first-order valence-corrected chi connectivity index (χ1v) is 6.37. The van der Waals surface area contributed by atoms with E-state index in [9.17, 15) is 4.79 Å². The van der Waals surface area contributed by atoms with E-state index < -0.39 is 5.97 Å². The van der Waals surface area contributed by atoms with Gasteiger partial charge < -0.3 is 9.84 Å². The van der Waals surface area contributed by atoms with Gasteiger partial charge in [0.05, 0.1) is 6.42 Å². The Kier molecular flexibility index (Phi) is 5.03. The first kappa shape index (κ1) is 14.8. The third-order valence-corrected chi connectivity index (χ3v) is 3.03. The highest BCUT2D eigenvalue weighted by atomic mass is 35.5. The second-order valence-electron chi connectivity index (χ2n) is 4.82. The summed E-state index contributed by atoms with van der Waals surface area (Å²) < 4.78 is 5.66. The summed E-state index contributed by atoms with van der Waals surface area (Å²) in [6.45, 7) is 7.76. The lowest BCUT2D eigenvalue weighted by molar-refractivity contribution is -0.138. The molecule has 1 atom stereocenters. The van der Waals surface area contributed by atoms with E-state index in [-0.39, 0.29) is 12.5 Å². The maximum atomic E-state index is 10.6. The third-order valence-electron chi connectivity index (χ3n) is 2.71. The van der Waals surface area contributed by atoms with Crippen LogP contribution in [0.15, 0.2) is 12.1 Å². The zero-order valence-electron chi connectivity index (χ0n) is 11.2. The van der Waals surface area contributed by atoms with Crippen molar-refractivity contribution in [3.63, 3.8) is 0 Å². The van der Waals surface area contributed by atoms with Crippen LogP contribution in [-0.4, -0.2) is 17.2 Å². The third kappa shape index (κ3) is 3.91. The van der Waals surface area contributed by atoms with Gasteiger partial charge in [0.2, 0.25) is 0 Å². The number of ether oxygens (including phenoxy) is 1. The van der Waals surface area contributed by atoms with E-state index in [0.717, 1.165) is 16.1 Å². The van der Waals surface area contributed by atoms with Crippen LogP contribution in [0, 0.1) is 6.92 Å². The summed E-state index contributed by atoms with van der Waals surface area (Å²) in [6.07, 6.45) is -0.374. The molecule has 0 amide bonds. The Hall–Kier alpha value is -1.22. The molecule has 0 aliphatic rings. The van der Waals surface area contributed by atoms with Crippen molar-refractivity contribution in [2.45, 2.75) is 46.1 Å². The second kappa shape index (κ2) is 6.10. The SMILES string of the molecule is Cc1cc(Cl)c(C(C)C)cc1OC(C)CC(=O)O. The molecular formula is C14H19ClO3. The van der Waals surface area contributed by atoms with E-state index in [1.54, 1.807) is 6.92 Å². The fourth-order valence-electron chi connectivity index (χ4n) is 1.74. The van der Waals surface area contributed by atoms with Crippen molar-refractivity contribution in [2.75, 3.05) is 0 Å². The molecule has 0 fully saturated rings. The zero-order valence-corrected chi connectivity index (χ0v) is 11.9. The van der Waals surface area contributed by atoms with Crippen LogP contribution in [0.1, 0.15) is 44.2 Å². The Balaban J connectivity index is 2.95.